The molecule has 1 fully saturated rings. The van der Waals surface area contributed by atoms with Crippen molar-refractivity contribution >= 4 is 40.5 Å². The second-order valence-corrected chi connectivity index (χ2v) is 8.91. The highest BCUT2D eigenvalue weighted by atomic mass is 35.5. The Hall–Kier alpha value is -2.82. The molecule has 0 amide bonds. The van der Waals surface area contributed by atoms with Gasteiger partial charge >= 0.3 is 0 Å². The van der Waals surface area contributed by atoms with Crippen molar-refractivity contribution in [2.75, 3.05) is 18.0 Å². The minimum absolute atomic E-state index is 0.274. The normalized spacial score (nSPS) is 15.6. The van der Waals surface area contributed by atoms with E-state index in [0.29, 0.717) is 16.9 Å². The Balaban J connectivity index is 1.30. The van der Waals surface area contributed by atoms with Crippen molar-refractivity contribution in [1.29, 1.82) is 0 Å². The molecule has 0 N–H and O–H groups in total. The number of anilines is 1. The van der Waals surface area contributed by atoms with Crippen LogP contribution in [0.15, 0.2) is 48.2 Å². The molecule has 1 aromatic carbocycles. The van der Waals surface area contributed by atoms with Gasteiger partial charge in [0.05, 0.1) is 16.2 Å². The zero-order valence-electron chi connectivity index (χ0n) is 16.8. The van der Waals surface area contributed by atoms with Crippen LogP contribution in [-0.4, -0.2) is 48.2 Å². The number of benzene rings is 1. The summed E-state index contributed by atoms with van der Waals surface area (Å²) >= 11 is 13.6. The van der Waals surface area contributed by atoms with Gasteiger partial charge in [-0.25, -0.2) is 9.97 Å². The van der Waals surface area contributed by atoms with Crippen molar-refractivity contribution in [3.8, 4) is 5.75 Å². The number of halogens is 2. The molecule has 4 aromatic rings. The Morgan fingerprint density at radius 2 is 1.91 bits per heavy atom. The lowest BCUT2D eigenvalue weighted by molar-refractivity contribution is 0.152. The number of ether oxygens (including phenoxy) is 1. The van der Waals surface area contributed by atoms with Crippen LogP contribution in [0.25, 0.3) is 0 Å². The van der Waals surface area contributed by atoms with Crippen molar-refractivity contribution in [2.24, 2.45) is 0 Å². The maximum atomic E-state index is 6.16. The zero-order valence-corrected chi connectivity index (χ0v) is 19.1. The van der Waals surface area contributed by atoms with E-state index in [2.05, 4.69) is 30.4 Å². The molecular weight excluding hydrogens is 471 g/mol. The van der Waals surface area contributed by atoms with Crippen LogP contribution < -0.4 is 9.64 Å². The minimum atomic E-state index is -0.540. The first kappa shape index (κ1) is 21.0. The van der Waals surface area contributed by atoms with Crippen molar-refractivity contribution in [2.45, 2.75) is 25.0 Å². The Morgan fingerprint density at radius 3 is 2.62 bits per heavy atom. The summed E-state index contributed by atoms with van der Waals surface area (Å²) < 4.78 is 7.72. The van der Waals surface area contributed by atoms with Crippen molar-refractivity contribution < 1.29 is 4.74 Å². The van der Waals surface area contributed by atoms with Crippen molar-refractivity contribution in [3.63, 3.8) is 0 Å². The summed E-state index contributed by atoms with van der Waals surface area (Å²) in [4.78, 5) is 15.6. The van der Waals surface area contributed by atoms with Crippen LogP contribution in [-0.2, 0) is 0 Å². The number of rotatable bonds is 6. The Morgan fingerprint density at radius 1 is 1.09 bits per heavy atom. The molecule has 12 heteroatoms. The molecule has 1 saturated heterocycles. The molecule has 32 heavy (non-hydrogen) atoms. The van der Waals surface area contributed by atoms with E-state index in [4.69, 9.17) is 32.9 Å². The predicted molar refractivity (Wildman–Crippen MR) is 121 cm³/mol. The molecule has 0 bridgehead atoms. The average molecular weight is 489 g/mol. The van der Waals surface area contributed by atoms with Crippen LogP contribution in [0.4, 0.5) is 5.95 Å². The van der Waals surface area contributed by atoms with Gasteiger partial charge in [-0.05, 0) is 35.4 Å². The first-order valence-electron chi connectivity index (χ1n) is 10.00. The van der Waals surface area contributed by atoms with Gasteiger partial charge < -0.3 is 9.64 Å². The highest BCUT2D eigenvalue weighted by Gasteiger charge is 2.27. The Bertz CT molecular complexity index is 1170. The number of thiazole rings is 1. The molecule has 5 rings (SSSR count). The van der Waals surface area contributed by atoms with Gasteiger partial charge in [0.15, 0.2) is 5.15 Å². The van der Waals surface area contributed by atoms with E-state index in [1.807, 2.05) is 35.7 Å². The number of nitrogens with zero attached hydrogens (tertiary/aromatic N) is 8. The van der Waals surface area contributed by atoms with Crippen LogP contribution in [0.5, 0.6) is 5.75 Å². The molecule has 0 radical (unpaired) electrons. The largest absolute Gasteiger partial charge is 0.463 e. The van der Waals surface area contributed by atoms with Gasteiger partial charge in [-0.3, -0.25) is 0 Å². The third kappa shape index (κ3) is 4.52. The van der Waals surface area contributed by atoms with E-state index >= 15 is 0 Å². The van der Waals surface area contributed by atoms with Crippen LogP contribution in [0.3, 0.4) is 0 Å². The fraction of sp³-hybridized carbons (Fsp3) is 0.300. The fourth-order valence-corrected chi connectivity index (χ4v) is 4.78. The predicted octanol–water partition coefficient (Wildman–Crippen LogP) is 4.24. The number of aromatic nitrogens is 7. The van der Waals surface area contributed by atoms with Gasteiger partial charge in [-0.15, -0.1) is 16.4 Å². The molecule has 0 aliphatic carbocycles. The lowest BCUT2D eigenvalue weighted by Gasteiger charge is -2.31. The summed E-state index contributed by atoms with van der Waals surface area (Å²) in [6.45, 7) is 1.63. The zero-order chi connectivity index (χ0) is 21.9. The van der Waals surface area contributed by atoms with E-state index in [0.717, 1.165) is 42.4 Å². The molecule has 1 aliphatic heterocycles. The molecule has 9 nitrogen and oxygen atoms in total. The fourth-order valence-electron chi connectivity index (χ4n) is 3.57. The minimum Gasteiger partial charge on any atom is -0.463 e. The smallest absolute Gasteiger partial charge is 0.238 e. The SMILES string of the molecule is Clc1cnc(N2CCC(c3nc(C(Oc4ccccc4)n4cnnn4)cs3)CC2)nc1Cl. The Labute approximate surface area is 198 Å². The number of hydrogen-bond donors (Lipinski definition) is 0. The van der Waals surface area contributed by atoms with Gasteiger partial charge in [0.1, 0.15) is 17.8 Å². The van der Waals surface area contributed by atoms with Crippen LogP contribution in [0.1, 0.15) is 35.7 Å². The first-order chi connectivity index (χ1) is 15.7. The standard InChI is InChI=1S/C20H18Cl2N8OS/c21-15-10-23-20(26-17(15)22)29-8-6-13(7-9-29)18-25-16(11-32-18)19(30-12-24-27-28-30)31-14-4-2-1-3-5-14/h1-5,10-13,19H,6-9H2. The summed E-state index contributed by atoms with van der Waals surface area (Å²) in [5.74, 6) is 1.67. The number of hydrogen-bond acceptors (Lipinski definition) is 9. The first-order valence-corrected chi connectivity index (χ1v) is 11.6. The maximum Gasteiger partial charge on any atom is 0.238 e. The molecule has 164 valence electrons. The quantitative estimate of drug-likeness (QED) is 0.372. The van der Waals surface area contributed by atoms with Crippen LogP contribution in [0.2, 0.25) is 10.2 Å². The molecule has 0 spiro atoms. The summed E-state index contributed by atoms with van der Waals surface area (Å²) in [5, 5.41) is 15.2. The van der Waals surface area contributed by atoms with Crippen molar-refractivity contribution in [1.82, 2.24) is 35.2 Å². The third-order valence-electron chi connectivity index (χ3n) is 5.20. The number of tetrazole rings is 1. The second kappa shape index (κ2) is 9.35. The summed E-state index contributed by atoms with van der Waals surface area (Å²) in [5.41, 5.74) is 0.774. The van der Waals surface area contributed by atoms with Gasteiger partial charge in [-0.2, -0.15) is 9.67 Å². The molecule has 0 saturated carbocycles. The van der Waals surface area contributed by atoms with E-state index < -0.39 is 6.23 Å². The van der Waals surface area contributed by atoms with Gasteiger partial charge in [0.2, 0.25) is 12.2 Å². The highest BCUT2D eigenvalue weighted by molar-refractivity contribution is 7.09. The van der Waals surface area contributed by atoms with Crippen LogP contribution in [0, 0.1) is 0 Å². The Kier molecular flexibility index (Phi) is 6.15. The molecule has 1 unspecified atom stereocenters. The average Bonchev–Trinajstić information content (AvgIpc) is 3.53. The molecule has 1 aliphatic rings. The lowest BCUT2D eigenvalue weighted by atomic mass is 9.98. The van der Waals surface area contributed by atoms with E-state index in [-0.39, 0.29) is 5.15 Å². The molecule has 4 heterocycles. The molecular formula is C20H18Cl2N8OS. The van der Waals surface area contributed by atoms with Gasteiger partial charge in [-0.1, -0.05) is 41.4 Å². The lowest BCUT2D eigenvalue weighted by Crippen LogP contribution is -2.34. The molecule has 3 aromatic heterocycles. The third-order valence-corrected chi connectivity index (χ3v) is 6.89. The summed E-state index contributed by atoms with van der Waals surface area (Å²) in [6.07, 6.45) is 4.40. The topological polar surface area (TPSA) is 94.7 Å². The molecule has 1 atom stereocenters. The van der Waals surface area contributed by atoms with E-state index in [9.17, 15) is 0 Å². The maximum absolute atomic E-state index is 6.16. The van der Waals surface area contributed by atoms with E-state index in [1.165, 1.54) is 12.5 Å². The van der Waals surface area contributed by atoms with Gasteiger partial charge in [0.25, 0.3) is 0 Å². The van der Waals surface area contributed by atoms with Crippen LogP contribution >= 0.6 is 34.5 Å². The second-order valence-electron chi connectivity index (χ2n) is 7.25. The number of piperidine rings is 1. The van der Waals surface area contributed by atoms with Crippen molar-refractivity contribution in [3.05, 3.63) is 69.1 Å². The van der Waals surface area contributed by atoms with E-state index in [1.54, 1.807) is 16.0 Å². The summed E-state index contributed by atoms with van der Waals surface area (Å²) in [6, 6.07) is 9.57. The summed E-state index contributed by atoms with van der Waals surface area (Å²) in [7, 11) is 0. The number of para-hydroxylation sites is 1. The van der Waals surface area contributed by atoms with Gasteiger partial charge in [0, 0.05) is 24.4 Å². The highest BCUT2D eigenvalue weighted by Crippen LogP contribution is 2.34. The monoisotopic (exact) mass is 488 g/mol.